The Kier molecular flexibility index (Phi) is 6.34. The molecule has 0 bridgehead atoms. The van der Waals surface area contributed by atoms with Crippen LogP contribution in [0.5, 0.6) is 11.5 Å². The topological polar surface area (TPSA) is 30.5 Å². The van der Waals surface area contributed by atoms with Crippen molar-refractivity contribution >= 4 is 37.5 Å². The number of ether oxygens (including phenoxy) is 2. The van der Waals surface area contributed by atoms with Crippen LogP contribution >= 0.6 is 31.9 Å². The predicted molar refractivity (Wildman–Crippen MR) is 97.9 cm³/mol. The van der Waals surface area contributed by atoms with Gasteiger partial charge < -0.3 is 14.8 Å². The normalized spacial score (nSPS) is 10.1. The monoisotopic (exact) mass is 425 g/mol. The number of hydrogen-bond donors (Lipinski definition) is 1. The van der Waals surface area contributed by atoms with E-state index in [-0.39, 0.29) is 0 Å². The van der Waals surface area contributed by atoms with E-state index in [4.69, 9.17) is 9.47 Å². The highest BCUT2D eigenvalue weighted by molar-refractivity contribution is 9.10. The van der Waals surface area contributed by atoms with Gasteiger partial charge in [0.05, 0.1) is 11.6 Å². The van der Waals surface area contributed by atoms with Gasteiger partial charge in [0.15, 0.2) is 11.5 Å². The molecule has 116 valence electrons. The molecular weight excluding hydrogens is 410 g/mol. The molecule has 2 aromatic carbocycles. The maximum atomic E-state index is 5.62. The Balaban J connectivity index is 2.12. The lowest BCUT2D eigenvalue weighted by Gasteiger charge is -2.14. The van der Waals surface area contributed by atoms with Crippen LogP contribution in [0.25, 0.3) is 0 Å². The van der Waals surface area contributed by atoms with Crippen LogP contribution in [0, 0.1) is 0 Å². The van der Waals surface area contributed by atoms with Crippen molar-refractivity contribution in [3.8, 4) is 11.5 Å². The fourth-order valence-electron chi connectivity index (χ4n) is 1.93. The molecular formula is C17H17Br2NO2. The maximum Gasteiger partial charge on any atom is 0.175 e. The second-order valence-electron chi connectivity index (χ2n) is 4.57. The van der Waals surface area contributed by atoms with Crippen LogP contribution in [0.2, 0.25) is 0 Å². The molecule has 0 aliphatic carbocycles. The average Bonchev–Trinajstić information content (AvgIpc) is 2.53. The third-order valence-electron chi connectivity index (χ3n) is 2.98. The first-order valence-electron chi connectivity index (χ1n) is 6.73. The molecule has 0 spiro atoms. The minimum absolute atomic E-state index is 0.436. The molecule has 1 N–H and O–H groups in total. The zero-order valence-electron chi connectivity index (χ0n) is 12.2. The van der Waals surface area contributed by atoms with Crippen LogP contribution in [0.1, 0.15) is 5.56 Å². The Labute approximate surface area is 147 Å². The second kappa shape index (κ2) is 8.25. The van der Waals surface area contributed by atoms with E-state index in [1.165, 1.54) is 0 Å². The molecule has 3 nitrogen and oxygen atoms in total. The van der Waals surface area contributed by atoms with Gasteiger partial charge in [0.25, 0.3) is 0 Å². The number of methoxy groups -OCH3 is 1. The van der Waals surface area contributed by atoms with E-state index in [1.807, 2.05) is 36.4 Å². The van der Waals surface area contributed by atoms with Crippen molar-refractivity contribution in [2.75, 3.05) is 19.0 Å². The van der Waals surface area contributed by atoms with E-state index in [0.29, 0.717) is 24.7 Å². The summed E-state index contributed by atoms with van der Waals surface area (Å²) in [6.45, 7) is 4.78. The number of hydrogen-bond acceptors (Lipinski definition) is 3. The zero-order valence-corrected chi connectivity index (χ0v) is 15.4. The number of benzene rings is 2. The molecule has 0 saturated heterocycles. The smallest absolute Gasteiger partial charge is 0.175 e. The fraction of sp³-hybridized carbons (Fsp3) is 0.176. The Hall–Kier alpha value is -1.46. The quantitative estimate of drug-likeness (QED) is 0.601. The van der Waals surface area contributed by atoms with Gasteiger partial charge in [-0.05, 0) is 57.9 Å². The summed E-state index contributed by atoms with van der Waals surface area (Å²) in [5.41, 5.74) is 2.16. The molecule has 5 heteroatoms. The van der Waals surface area contributed by atoms with Crippen molar-refractivity contribution in [2.45, 2.75) is 6.54 Å². The van der Waals surface area contributed by atoms with Crippen molar-refractivity contribution in [1.82, 2.24) is 0 Å². The van der Waals surface area contributed by atoms with E-state index in [9.17, 15) is 0 Å². The van der Waals surface area contributed by atoms with Gasteiger partial charge in [-0.3, -0.25) is 0 Å². The summed E-state index contributed by atoms with van der Waals surface area (Å²) in [5.74, 6) is 1.39. The summed E-state index contributed by atoms with van der Waals surface area (Å²) in [6, 6.07) is 12.0. The SMILES string of the molecule is C=CCOc1c(Br)cc(CNc2ccc(Br)cc2)cc1OC. The number of nitrogens with one attached hydrogen (secondary N) is 1. The molecule has 0 heterocycles. The van der Waals surface area contributed by atoms with Crippen molar-refractivity contribution in [2.24, 2.45) is 0 Å². The molecule has 0 fully saturated rings. The van der Waals surface area contributed by atoms with Crippen molar-refractivity contribution in [3.63, 3.8) is 0 Å². The van der Waals surface area contributed by atoms with Gasteiger partial charge in [-0.25, -0.2) is 0 Å². The van der Waals surface area contributed by atoms with E-state index in [1.54, 1.807) is 13.2 Å². The Morgan fingerprint density at radius 1 is 1.18 bits per heavy atom. The summed E-state index contributed by atoms with van der Waals surface area (Å²) < 4.78 is 13.0. The van der Waals surface area contributed by atoms with Crippen LogP contribution in [0.4, 0.5) is 5.69 Å². The minimum Gasteiger partial charge on any atom is -0.493 e. The molecule has 0 saturated carbocycles. The Bertz CT molecular complexity index is 642. The molecule has 0 amide bonds. The van der Waals surface area contributed by atoms with E-state index in [0.717, 1.165) is 20.2 Å². The maximum absolute atomic E-state index is 5.62. The van der Waals surface area contributed by atoms with Crippen LogP contribution in [-0.4, -0.2) is 13.7 Å². The van der Waals surface area contributed by atoms with Gasteiger partial charge >= 0.3 is 0 Å². The molecule has 0 radical (unpaired) electrons. The van der Waals surface area contributed by atoms with Gasteiger partial charge in [0.1, 0.15) is 6.61 Å². The first kappa shape index (κ1) is 16.9. The second-order valence-corrected chi connectivity index (χ2v) is 6.34. The standard InChI is InChI=1S/C17H17Br2NO2/c1-3-8-22-17-15(19)9-12(10-16(17)21-2)11-20-14-6-4-13(18)5-7-14/h3-7,9-10,20H,1,8,11H2,2H3. The highest BCUT2D eigenvalue weighted by Gasteiger charge is 2.11. The van der Waals surface area contributed by atoms with Gasteiger partial charge in [-0.2, -0.15) is 0 Å². The Morgan fingerprint density at radius 3 is 2.55 bits per heavy atom. The molecule has 0 aliphatic rings. The van der Waals surface area contributed by atoms with E-state index >= 15 is 0 Å². The summed E-state index contributed by atoms with van der Waals surface area (Å²) in [7, 11) is 1.63. The number of anilines is 1. The summed E-state index contributed by atoms with van der Waals surface area (Å²) in [5, 5.41) is 3.38. The molecule has 0 aromatic heterocycles. The molecule has 2 aromatic rings. The van der Waals surface area contributed by atoms with Gasteiger partial charge in [-0.15, -0.1) is 0 Å². The molecule has 0 unspecified atom stereocenters. The van der Waals surface area contributed by atoms with Gasteiger partial charge in [0, 0.05) is 16.7 Å². The first-order chi connectivity index (χ1) is 10.6. The van der Waals surface area contributed by atoms with Crippen molar-refractivity contribution < 1.29 is 9.47 Å². The molecule has 22 heavy (non-hydrogen) atoms. The summed E-state index contributed by atoms with van der Waals surface area (Å²) in [4.78, 5) is 0. The lowest BCUT2D eigenvalue weighted by atomic mass is 10.2. The molecule has 0 atom stereocenters. The number of rotatable bonds is 7. The van der Waals surface area contributed by atoms with Crippen LogP contribution in [-0.2, 0) is 6.54 Å². The van der Waals surface area contributed by atoms with E-state index in [2.05, 4.69) is 43.8 Å². The highest BCUT2D eigenvalue weighted by atomic mass is 79.9. The van der Waals surface area contributed by atoms with Gasteiger partial charge in [-0.1, -0.05) is 28.6 Å². The minimum atomic E-state index is 0.436. The summed E-state index contributed by atoms with van der Waals surface area (Å²) >= 11 is 6.96. The molecule has 2 rings (SSSR count). The van der Waals surface area contributed by atoms with Crippen LogP contribution in [0.3, 0.4) is 0 Å². The third-order valence-corrected chi connectivity index (χ3v) is 4.09. The number of halogens is 2. The zero-order chi connectivity index (χ0) is 15.9. The fourth-order valence-corrected chi connectivity index (χ4v) is 2.80. The van der Waals surface area contributed by atoms with E-state index < -0.39 is 0 Å². The van der Waals surface area contributed by atoms with Crippen LogP contribution < -0.4 is 14.8 Å². The predicted octanol–water partition coefficient (Wildman–Crippen LogP) is 5.40. The third kappa shape index (κ3) is 4.52. The highest BCUT2D eigenvalue weighted by Crippen LogP contribution is 2.36. The van der Waals surface area contributed by atoms with Gasteiger partial charge in [0.2, 0.25) is 0 Å². The Morgan fingerprint density at radius 2 is 1.91 bits per heavy atom. The summed E-state index contributed by atoms with van der Waals surface area (Å²) in [6.07, 6.45) is 1.70. The van der Waals surface area contributed by atoms with Crippen LogP contribution in [0.15, 0.2) is 58.0 Å². The lowest BCUT2D eigenvalue weighted by molar-refractivity contribution is 0.324. The first-order valence-corrected chi connectivity index (χ1v) is 8.32. The van der Waals surface area contributed by atoms with Crippen molar-refractivity contribution in [3.05, 3.63) is 63.6 Å². The largest absolute Gasteiger partial charge is 0.493 e. The average molecular weight is 427 g/mol. The lowest BCUT2D eigenvalue weighted by Crippen LogP contribution is -2.02. The molecule has 0 aliphatic heterocycles. The van der Waals surface area contributed by atoms with Crippen molar-refractivity contribution in [1.29, 1.82) is 0 Å².